The van der Waals surface area contributed by atoms with Gasteiger partial charge in [-0.15, -0.1) is 0 Å². The van der Waals surface area contributed by atoms with Gasteiger partial charge in [0.05, 0.1) is 17.7 Å². The zero-order valence-corrected chi connectivity index (χ0v) is 16.1. The fourth-order valence-corrected chi connectivity index (χ4v) is 3.20. The van der Waals surface area contributed by atoms with Crippen LogP contribution in [0.3, 0.4) is 0 Å². The maximum absolute atomic E-state index is 12.8. The molecule has 0 atom stereocenters. The molecule has 2 aromatic carbocycles. The van der Waals surface area contributed by atoms with Gasteiger partial charge in [0.2, 0.25) is 5.91 Å². The van der Waals surface area contributed by atoms with E-state index < -0.39 is 11.7 Å². The SMILES string of the molecule is Cc1ccn2cc(-c3ccc(NC(=O)Cc4cccc(C(F)(F)F)c4)cc3)nc2c1. The van der Waals surface area contributed by atoms with Gasteiger partial charge in [-0.25, -0.2) is 4.98 Å². The highest BCUT2D eigenvalue weighted by Crippen LogP contribution is 2.29. The Kier molecular flexibility index (Phi) is 5.03. The van der Waals surface area contributed by atoms with E-state index in [4.69, 9.17) is 0 Å². The molecule has 4 nitrogen and oxygen atoms in total. The summed E-state index contributed by atoms with van der Waals surface area (Å²) in [6.45, 7) is 2.01. The number of rotatable bonds is 4. The topological polar surface area (TPSA) is 46.4 Å². The maximum Gasteiger partial charge on any atom is 0.416 e. The highest BCUT2D eigenvalue weighted by Gasteiger charge is 2.30. The molecule has 1 N–H and O–H groups in total. The molecule has 4 aromatic rings. The average Bonchev–Trinajstić information content (AvgIpc) is 3.11. The summed E-state index contributed by atoms with van der Waals surface area (Å²) in [5.74, 6) is -0.384. The number of halogens is 3. The fraction of sp³-hybridized carbons (Fsp3) is 0.130. The molecule has 2 heterocycles. The zero-order chi connectivity index (χ0) is 21.3. The van der Waals surface area contributed by atoms with Gasteiger partial charge < -0.3 is 9.72 Å². The van der Waals surface area contributed by atoms with E-state index in [1.54, 1.807) is 12.1 Å². The highest BCUT2D eigenvalue weighted by molar-refractivity contribution is 5.92. The van der Waals surface area contributed by atoms with Crippen LogP contribution in [0.4, 0.5) is 18.9 Å². The molecule has 1 amide bonds. The van der Waals surface area contributed by atoms with Crippen LogP contribution in [0, 0.1) is 6.92 Å². The molecule has 0 aliphatic rings. The van der Waals surface area contributed by atoms with E-state index in [0.717, 1.165) is 34.6 Å². The van der Waals surface area contributed by atoms with Gasteiger partial charge in [-0.2, -0.15) is 13.2 Å². The summed E-state index contributed by atoms with van der Waals surface area (Å²) in [5, 5.41) is 2.72. The predicted octanol–water partition coefficient (Wildman–Crippen LogP) is 5.51. The third kappa shape index (κ3) is 4.35. The Morgan fingerprint density at radius 2 is 1.83 bits per heavy atom. The molecule has 0 saturated carbocycles. The quantitative estimate of drug-likeness (QED) is 0.483. The lowest BCUT2D eigenvalue weighted by atomic mass is 10.1. The van der Waals surface area contributed by atoms with Crippen molar-refractivity contribution in [3.63, 3.8) is 0 Å². The first-order valence-electron chi connectivity index (χ1n) is 9.30. The van der Waals surface area contributed by atoms with Gasteiger partial charge in [0.15, 0.2) is 0 Å². The summed E-state index contributed by atoms with van der Waals surface area (Å²) in [6.07, 6.45) is -0.698. The standard InChI is InChI=1S/C23H18F3N3O/c1-15-9-10-29-14-20(28-21(29)11-15)17-5-7-19(8-6-17)27-22(30)13-16-3-2-4-18(12-16)23(24,25)26/h2-12,14H,13H2,1H3,(H,27,30). The van der Waals surface area contributed by atoms with Crippen LogP contribution in [0.15, 0.2) is 73.1 Å². The predicted molar refractivity (Wildman–Crippen MR) is 109 cm³/mol. The number of hydrogen-bond donors (Lipinski definition) is 1. The molecule has 0 saturated heterocycles. The number of pyridine rings is 1. The number of amides is 1. The molecule has 0 aliphatic carbocycles. The van der Waals surface area contributed by atoms with E-state index in [9.17, 15) is 18.0 Å². The van der Waals surface area contributed by atoms with Crippen LogP contribution in [0.2, 0.25) is 0 Å². The van der Waals surface area contributed by atoms with Gasteiger partial charge in [-0.1, -0.05) is 30.3 Å². The summed E-state index contributed by atoms with van der Waals surface area (Å²) < 4.78 is 40.4. The van der Waals surface area contributed by atoms with Crippen molar-refractivity contribution in [1.29, 1.82) is 0 Å². The van der Waals surface area contributed by atoms with Crippen molar-refractivity contribution in [3.8, 4) is 11.3 Å². The van der Waals surface area contributed by atoms with Crippen LogP contribution in [0.5, 0.6) is 0 Å². The lowest BCUT2D eigenvalue weighted by Crippen LogP contribution is -2.15. The van der Waals surface area contributed by atoms with Gasteiger partial charge in [0, 0.05) is 23.6 Å². The minimum Gasteiger partial charge on any atom is -0.326 e. The van der Waals surface area contributed by atoms with E-state index in [2.05, 4.69) is 10.3 Å². The molecule has 0 bridgehead atoms. The number of anilines is 1. The molecule has 0 fully saturated rings. The van der Waals surface area contributed by atoms with Crippen LogP contribution >= 0.6 is 0 Å². The Morgan fingerprint density at radius 1 is 1.07 bits per heavy atom. The number of nitrogens with zero attached hydrogens (tertiary/aromatic N) is 2. The molecule has 0 aliphatic heterocycles. The van der Waals surface area contributed by atoms with E-state index in [0.29, 0.717) is 11.3 Å². The van der Waals surface area contributed by atoms with E-state index >= 15 is 0 Å². The molecule has 0 unspecified atom stereocenters. The van der Waals surface area contributed by atoms with Gasteiger partial charge in [-0.05, 0) is 48.4 Å². The number of alkyl halides is 3. The minimum atomic E-state index is -4.43. The third-order valence-electron chi connectivity index (χ3n) is 4.70. The van der Waals surface area contributed by atoms with Crippen molar-refractivity contribution in [1.82, 2.24) is 9.38 Å². The second kappa shape index (κ2) is 7.67. The summed E-state index contributed by atoms with van der Waals surface area (Å²) in [5.41, 5.74) is 3.78. The smallest absolute Gasteiger partial charge is 0.326 e. The van der Waals surface area contributed by atoms with Gasteiger partial charge >= 0.3 is 6.18 Å². The number of hydrogen-bond acceptors (Lipinski definition) is 2. The summed E-state index contributed by atoms with van der Waals surface area (Å²) in [6, 6.07) is 16.0. The van der Waals surface area contributed by atoms with Gasteiger partial charge in [-0.3, -0.25) is 4.79 Å². The van der Waals surface area contributed by atoms with E-state index in [-0.39, 0.29) is 12.3 Å². The summed E-state index contributed by atoms with van der Waals surface area (Å²) in [7, 11) is 0. The first-order chi connectivity index (χ1) is 14.3. The first-order valence-corrected chi connectivity index (χ1v) is 9.30. The molecule has 0 spiro atoms. The number of carbonyl (C=O) groups excluding carboxylic acids is 1. The Hall–Kier alpha value is -3.61. The number of aromatic nitrogens is 2. The van der Waals surface area contributed by atoms with Crippen molar-refractivity contribution in [2.45, 2.75) is 19.5 Å². The minimum absolute atomic E-state index is 0.141. The average molecular weight is 409 g/mol. The summed E-state index contributed by atoms with van der Waals surface area (Å²) in [4.78, 5) is 16.8. The Morgan fingerprint density at radius 3 is 2.57 bits per heavy atom. The van der Waals surface area contributed by atoms with Crippen LogP contribution in [-0.4, -0.2) is 15.3 Å². The molecular weight excluding hydrogens is 391 g/mol. The van der Waals surface area contributed by atoms with Gasteiger partial charge in [0.1, 0.15) is 5.65 Å². The molecule has 30 heavy (non-hydrogen) atoms. The second-order valence-electron chi connectivity index (χ2n) is 7.10. The van der Waals surface area contributed by atoms with Crippen LogP contribution in [0.25, 0.3) is 16.9 Å². The maximum atomic E-state index is 12.8. The zero-order valence-electron chi connectivity index (χ0n) is 16.1. The first kappa shape index (κ1) is 19.7. The van der Waals surface area contributed by atoms with Crippen LogP contribution in [0.1, 0.15) is 16.7 Å². The molecule has 7 heteroatoms. The van der Waals surface area contributed by atoms with Crippen LogP contribution in [-0.2, 0) is 17.4 Å². The number of benzene rings is 2. The Bertz CT molecular complexity index is 1210. The molecular formula is C23H18F3N3O. The lowest BCUT2D eigenvalue weighted by Gasteiger charge is -2.09. The fourth-order valence-electron chi connectivity index (χ4n) is 3.20. The van der Waals surface area contributed by atoms with Crippen molar-refractivity contribution in [3.05, 3.63) is 89.7 Å². The van der Waals surface area contributed by atoms with E-state index in [1.807, 2.05) is 48.0 Å². The highest BCUT2D eigenvalue weighted by atomic mass is 19.4. The Balaban J connectivity index is 1.45. The Labute approximate surface area is 171 Å². The van der Waals surface area contributed by atoms with Gasteiger partial charge in [0.25, 0.3) is 0 Å². The number of carbonyl (C=O) groups is 1. The molecule has 4 rings (SSSR count). The van der Waals surface area contributed by atoms with Crippen molar-refractivity contribution < 1.29 is 18.0 Å². The van der Waals surface area contributed by atoms with Crippen LogP contribution < -0.4 is 5.32 Å². The molecule has 152 valence electrons. The number of aryl methyl sites for hydroxylation is 1. The van der Waals surface area contributed by atoms with Crippen molar-refractivity contribution in [2.24, 2.45) is 0 Å². The number of imidazole rings is 1. The largest absolute Gasteiger partial charge is 0.416 e. The lowest BCUT2D eigenvalue weighted by molar-refractivity contribution is -0.137. The van der Waals surface area contributed by atoms with E-state index in [1.165, 1.54) is 12.1 Å². The number of nitrogens with one attached hydrogen (secondary N) is 1. The van der Waals surface area contributed by atoms with Crippen molar-refractivity contribution in [2.75, 3.05) is 5.32 Å². The van der Waals surface area contributed by atoms with Crippen molar-refractivity contribution >= 4 is 17.2 Å². The molecule has 0 radical (unpaired) electrons. The second-order valence-corrected chi connectivity index (χ2v) is 7.10. The monoisotopic (exact) mass is 409 g/mol. The molecule has 2 aromatic heterocycles. The normalized spacial score (nSPS) is 11.6. The summed E-state index contributed by atoms with van der Waals surface area (Å²) >= 11 is 0. The number of fused-ring (bicyclic) bond motifs is 1. The third-order valence-corrected chi connectivity index (χ3v) is 4.70.